The lowest BCUT2D eigenvalue weighted by Gasteiger charge is -1.95. The summed E-state index contributed by atoms with van der Waals surface area (Å²) in [4.78, 5) is 10.7. The van der Waals surface area contributed by atoms with Crippen molar-refractivity contribution >= 4 is 27.5 Å². The zero-order valence-corrected chi connectivity index (χ0v) is 7.26. The van der Waals surface area contributed by atoms with Crippen LogP contribution in [0.1, 0.15) is 10.5 Å². The number of hydrogen-bond acceptors (Lipinski definition) is 2. The van der Waals surface area contributed by atoms with E-state index in [1.807, 2.05) is 11.4 Å². The molecule has 1 N–H and O–H groups in total. The largest absolute Gasteiger partial charge is 0.477 e. The highest BCUT2D eigenvalue weighted by atomic mass is 32.1. The van der Waals surface area contributed by atoms with Crippen LogP contribution in [0.2, 0.25) is 0 Å². The van der Waals surface area contributed by atoms with Gasteiger partial charge in [0, 0.05) is 7.05 Å². The average molecular weight is 181 g/mol. The summed E-state index contributed by atoms with van der Waals surface area (Å²) in [6.07, 6.45) is 0. The molecule has 4 heteroatoms. The van der Waals surface area contributed by atoms with Gasteiger partial charge in [-0.25, -0.2) is 4.79 Å². The summed E-state index contributed by atoms with van der Waals surface area (Å²) in [5.74, 6) is -0.874. The first-order valence-corrected chi connectivity index (χ1v) is 4.34. The fourth-order valence-corrected chi connectivity index (χ4v) is 2.10. The van der Waals surface area contributed by atoms with Crippen LogP contribution in [0.15, 0.2) is 17.5 Å². The van der Waals surface area contributed by atoms with E-state index < -0.39 is 5.97 Å². The molecule has 62 valence electrons. The number of carbonyl (C=O) groups is 1. The minimum absolute atomic E-state index is 0.344. The van der Waals surface area contributed by atoms with Crippen molar-refractivity contribution in [2.75, 3.05) is 0 Å². The van der Waals surface area contributed by atoms with Gasteiger partial charge < -0.3 is 9.67 Å². The Labute approximate surface area is 72.9 Å². The molecular formula is C8H7NO2S. The Balaban J connectivity index is 2.78. The Morgan fingerprint density at radius 2 is 2.42 bits per heavy atom. The normalized spacial score (nSPS) is 10.8. The average Bonchev–Trinajstić information content (AvgIpc) is 2.53. The highest BCUT2D eigenvalue weighted by molar-refractivity contribution is 7.17. The molecule has 0 amide bonds. The summed E-state index contributed by atoms with van der Waals surface area (Å²) in [7, 11) is 1.76. The maximum atomic E-state index is 10.7. The number of aromatic nitrogens is 1. The lowest BCUT2D eigenvalue weighted by atomic mass is 10.4. The van der Waals surface area contributed by atoms with Gasteiger partial charge in [-0.2, -0.15) is 0 Å². The molecular weight excluding hydrogens is 174 g/mol. The molecule has 2 aromatic rings. The van der Waals surface area contributed by atoms with Crippen molar-refractivity contribution in [3.63, 3.8) is 0 Å². The molecule has 3 nitrogen and oxygen atoms in total. The minimum atomic E-state index is -0.874. The molecule has 12 heavy (non-hydrogen) atoms. The van der Waals surface area contributed by atoms with E-state index in [2.05, 4.69) is 0 Å². The number of rotatable bonds is 1. The Bertz CT molecular complexity index is 441. The van der Waals surface area contributed by atoms with Crippen LogP contribution in [0.3, 0.4) is 0 Å². The second kappa shape index (κ2) is 2.35. The van der Waals surface area contributed by atoms with Gasteiger partial charge in [0.05, 0.1) is 10.2 Å². The summed E-state index contributed by atoms with van der Waals surface area (Å²) < 4.78 is 2.71. The van der Waals surface area contributed by atoms with E-state index in [4.69, 9.17) is 5.11 Å². The highest BCUT2D eigenvalue weighted by Crippen LogP contribution is 2.23. The SMILES string of the molecule is Cn1c(C(=O)O)cc2sccc21. The van der Waals surface area contributed by atoms with E-state index in [-0.39, 0.29) is 0 Å². The van der Waals surface area contributed by atoms with Gasteiger partial charge in [0.2, 0.25) is 0 Å². The van der Waals surface area contributed by atoms with Crippen LogP contribution in [0, 0.1) is 0 Å². The van der Waals surface area contributed by atoms with Crippen LogP contribution in [0.4, 0.5) is 0 Å². The number of hydrogen-bond donors (Lipinski definition) is 1. The molecule has 0 radical (unpaired) electrons. The zero-order valence-electron chi connectivity index (χ0n) is 6.44. The first-order valence-electron chi connectivity index (χ1n) is 3.46. The molecule has 0 fully saturated rings. The van der Waals surface area contributed by atoms with Gasteiger partial charge in [-0.3, -0.25) is 0 Å². The Morgan fingerprint density at radius 3 is 3.00 bits per heavy atom. The van der Waals surface area contributed by atoms with Crippen LogP contribution < -0.4 is 0 Å². The monoisotopic (exact) mass is 181 g/mol. The number of aromatic carboxylic acids is 1. The maximum Gasteiger partial charge on any atom is 0.352 e. The summed E-state index contributed by atoms with van der Waals surface area (Å²) in [5.41, 5.74) is 1.33. The zero-order chi connectivity index (χ0) is 8.72. The third-order valence-corrected chi connectivity index (χ3v) is 2.74. The Hall–Kier alpha value is -1.29. The smallest absolute Gasteiger partial charge is 0.352 e. The summed E-state index contributed by atoms with van der Waals surface area (Å²) in [6.45, 7) is 0. The van der Waals surface area contributed by atoms with Crippen LogP contribution in [0.25, 0.3) is 10.2 Å². The number of fused-ring (bicyclic) bond motifs is 1. The van der Waals surface area contributed by atoms with Gasteiger partial charge in [-0.05, 0) is 17.5 Å². The molecule has 2 aromatic heterocycles. The minimum Gasteiger partial charge on any atom is -0.477 e. The Kier molecular flexibility index (Phi) is 1.44. The molecule has 0 spiro atoms. The van der Waals surface area contributed by atoms with Gasteiger partial charge in [-0.1, -0.05) is 0 Å². The van der Waals surface area contributed by atoms with Crippen molar-refractivity contribution in [1.82, 2.24) is 4.57 Å². The van der Waals surface area contributed by atoms with Crippen molar-refractivity contribution in [2.45, 2.75) is 0 Å². The van der Waals surface area contributed by atoms with Crippen molar-refractivity contribution in [3.05, 3.63) is 23.2 Å². The quantitative estimate of drug-likeness (QED) is 0.730. The van der Waals surface area contributed by atoms with Crippen molar-refractivity contribution in [1.29, 1.82) is 0 Å². The van der Waals surface area contributed by atoms with E-state index >= 15 is 0 Å². The van der Waals surface area contributed by atoms with Gasteiger partial charge in [0.25, 0.3) is 0 Å². The van der Waals surface area contributed by atoms with Crippen LogP contribution >= 0.6 is 11.3 Å². The van der Waals surface area contributed by atoms with Crippen molar-refractivity contribution in [2.24, 2.45) is 7.05 Å². The first kappa shape index (κ1) is 7.36. The Morgan fingerprint density at radius 1 is 1.67 bits per heavy atom. The molecule has 0 atom stereocenters. The molecule has 0 saturated heterocycles. The fourth-order valence-electron chi connectivity index (χ4n) is 1.26. The van der Waals surface area contributed by atoms with Crippen molar-refractivity contribution < 1.29 is 9.90 Å². The fraction of sp³-hybridized carbons (Fsp3) is 0.125. The summed E-state index contributed by atoms with van der Waals surface area (Å²) in [5, 5.41) is 10.7. The first-order chi connectivity index (χ1) is 5.70. The van der Waals surface area contributed by atoms with Crippen LogP contribution in [0.5, 0.6) is 0 Å². The molecule has 0 aromatic carbocycles. The topological polar surface area (TPSA) is 42.2 Å². The lowest BCUT2D eigenvalue weighted by Crippen LogP contribution is -2.03. The number of carboxylic acid groups (broad SMARTS) is 1. The lowest BCUT2D eigenvalue weighted by molar-refractivity contribution is 0.0687. The second-order valence-corrected chi connectivity index (χ2v) is 3.51. The molecule has 0 bridgehead atoms. The summed E-state index contributed by atoms with van der Waals surface area (Å²) in [6, 6.07) is 3.62. The highest BCUT2D eigenvalue weighted by Gasteiger charge is 2.11. The van der Waals surface area contributed by atoms with E-state index in [9.17, 15) is 4.79 Å². The molecule has 0 aliphatic heterocycles. The molecule has 0 aliphatic rings. The van der Waals surface area contributed by atoms with Gasteiger partial charge in [-0.15, -0.1) is 11.3 Å². The third kappa shape index (κ3) is 0.848. The molecule has 2 heterocycles. The molecule has 0 saturated carbocycles. The molecule has 0 unspecified atom stereocenters. The number of carboxylic acids is 1. The number of thiophene rings is 1. The van der Waals surface area contributed by atoms with E-state index in [1.165, 1.54) is 0 Å². The predicted molar refractivity (Wildman–Crippen MR) is 47.8 cm³/mol. The maximum absolute atomic E-state index is 10.7. The number of nitrogens with zero attached hydrogens (tertiary/aromatic N) is 1. The van der Waals surface area contributed by atoms with Gasteiger partial charge >= 0.3 is 5.97 Å². The van der Waals surface area contributed by atoms with Crippen molar-refractivity contribution in [3.8, 4) is 0 Å². The van der Waals surface area contributed by atoms with Crippen LogP contribution in [-0.4, -0.2) is 15.6 Å². The predicted octanol–water partition coefficient (Wildman–Crippen LogP) is 1.94. The van der Waals surface area contributed by atoms with E-state index in [0.717, 1.165) is 10.2 Å². The van der Waals surface area contributed by atoms with E-state index in [0.29, 0.717) is 5.69 Å². The third-order valence-electron chi connectivity index (χ3n) is 1.88. The molecule has 0 aliphatic carbocycles. The van der Waals surface area contributed by atoms with Gasteiger partial charge in [0.1, 0.15) is 5.69 Å². The van der Waals surface area contributed by atoms with Gasteiger partial charge in [0.15, 0.2) is 0 Å². The summed E-state index contributed by atoms with van der Waals surface area (Å²) >= 11 is 1.56. The van der Waals surface area contributed by atoms with E-state index in [1.54, 1.807) is 29.0 Å². The number of aryl methyl sites for hydroxylation is 1. The standard InChI is InChI=1S/C8H7NO2S/c1-9-5-2-3-12-7(5)4-6(9)8(10)11/h2-4H,1H3,(H,10,11). The molecule has 2 rings (SSSR count). The van der Waals surface area contributed by atoms with Crippen LogP contribution in [-0.2, 0) is 7.05 Å². The second-order valence-electron chi connectivity index (χ2n) is 2.56.